The van der Waals surface area contributed by atoms with E-state index in [-0.39, 0.29) is 63.4 Å². The van der Waals surface area contributed by atoms with E-state index in [4.69, 9.17) is 16.3 Å². The summed E-state index contributed by atoms with van der Waals surface area (Å²) < 4.78 is 18.3. The maximum atomic E-state index is 13.8. The molecule has 2 N–H and O–H groups in total. The number of hydrogen-bond acceptors (Lipinski definition) is 6. The molecule has 2 heterocycles. The molecule has 0 aromatic heterocycles. The molecule has 0 aliphatic carbocycles. The van der Waals surface area contributed by atoms with Crippen molar-refractivity contribution in [3.05, 3.63) is 83.2 Å². The van der Waals surface area contributed by atoms with Crippen LogP contribution in [0.2, 0.25) is 0 Å². The minimum absolute atomic E-state index is 0.0709. The van der Waals surface area contributed by atoms with Crippen LogP contribution >= 0.6 is 11.6 Å². The normalized spacial score (nSPS) is 19.7. The average molecular weight is 631 g/mol. The van der Waals surface area contributed by atoms with Crippen LogP contribution in [0.3, 0.4) is 0 Å². The van der Waals surface area contributed by atoms with Gasteiger partial charge in [-0.15, -0.1) is 0 Å². The van der Waals surface area contributed by atoms with Gasteiger partial charge in [0.15, 0.2) is 0 Å². The Labute approximate surface area is 262 Å². The highest BCUT2D eigenvalue weighted by Crippen LogP contribution is 2.28. The fraction of sp³-hybridized carbons (Fsp3) is 0.419. The maximum absolute atomic E-state index is 13.8. The molecule has 2 atom stereocenters. The summed E-state index contributed by atoms with van der Waals surface area (Å²) in [6.45, 7) is 7.91. The third-order valence-corrected chi connectivity index (χ3v) is 7.46. The molecular formula is C31H40ClFN6O5. The van der Waals surface area contributed by atoms with Crippen LogP contribution in [0.1, 0.15) is 32.3 Å². The molecule has 44 heavy (non-hydrogen) atoms. The molecule has 3 rings (SSSR count). The lowest BCUT2D eigenvalue weighted by Crippen LogP contribution is -2.76. The van der Waals surface area contributed by atoms with E-state index in [1.807, 2.05) is 19.9 Å². The van der Waals surface area contributed by atoms with E-state index in [1.165, 1.54) is 33.1 Å². The second-order valence-corrected chi connectivity index (χ2v) is 10.9. The number of benzene rings is 1. The van der Waals surface area contributed by atoms with Crippen LogP contribution in [0.25, 0.3) is 0 Å². The minimum atomic E-state index is -0.853. The van der Waals surface area contributed by atoms with Crippen molar-refractivity contribution < 1.29 is 28.3 Å². The van der Waals surface area contributed by atoms with Crippen molar-refractivity contribution in [1.29, 1.82) is 0 Å². The first-order valence-corrected chi connectivity index (χ1v) is 14.7. The highest BCUT2D eigenvalue weighted by molar-refractivity contribution is 6.31. The SMILES string of the molecule is C=CCOC(=O)NCCC[C@H]1C(=O)N(C/C(C)=C/C=C\C(Cl)=C/C)CC2N1C(=O)CN(C)N2C(=O)NCc1ccc(F)cc1. The number of rotatable bonds is 12. The lowest BCUT2D eigenvalue weighted by molar-refractivity contribution is -0.187. The lowest BCUT2D eigenvalue weighted by Gasteiger charge is -2.54. The zero-order valence-electron chi connectivity index (χ0n) is 25.3. The molecule has 13 heteroatoms. The number of likely N-dealkylation sites (N-methyl/N-ethyl adjacent to an activating group) is 1. The first-order chi connectivity index (χ1) is 21.0. The number of allylic oxidation sites excluding steroid dienone is 5. The Bertz CT molecular complexity index is 1300. The van der Waals surface area contributed by atoms with Crippen molar-refractivity contribution in [2.75, 3.05) is 39.8 Å². The Kier molecular flexibility index (Phi) is 13.0. The Hall–Kier alpha value is -4.16. The van der Waals surface area contributed by atoms with Gasteiger partial charge in [-0.25, -0.2) is 24.0 Å². The number of urea groups is 1. The van der Waals surface area contributed by atoms with Gasteiger partial charge in [0.1, 0.15) is 24.6 Å². The maximum Gasteiger partial charge on any atom is 0.407 e. The molecule has 2 saturated heterocycles. The van der Waals surface area contributed by atoms with Gasteiger partial charge in [-0.1, -0.05) is 60.2 Å². The molecule has 1 aromatic rings. The number of hydrogen-bond donors (Lipinski definition) is 2. The van der Waals surface area contributed by atoms with E-state index >= 15 is 0 Å². The van der Waals surface area contributed by atoms with Gasteiger partial charge >= 0.3 is 12.1 Å². The van der Waals surface area contributed by atoms with E-state index in [0.717, 1.165) is 5.57 Å². The van der Waals surface area contributed by atoms with Crippen molar-refractivity contribution in [2.45, 2.75) is 45.4 Å². The fourth-order valence-electron chi connectivity index (χ4n) is 5.01. The van der Waals surface area contributed by atoms with Crippen molar-refractivity contribution in [3.8, 4) is 0 Å². The van der Waals surface area contributed by atoms with Crippen LogP contribution in [-0.2, 0) is 20.9 Å². The zero-order chi connectivity index (χ0) is 32.2. The molecule has 5 amide bonds. The topological polar surface area (TPSA) is 115 Å². The van der Waals surface area contributed by atoms with Gasteiger partial charge in [-0.05, 0) is 50.5 Å². The van der Waals surface area contributed by atoms with Gasteiger partial charge in [0.25, 0.3) is 0 Å². The number of nitrogens with zero attached hydrogens (tertiary/aromatic N) is 4. The Morgan fingerprint density at radius 1 is 1.20 bits per heavy atom. The van der Waals surface area contributed by atoms with Crippen LogP contribution < -0.4 is 10.6 Å². The summed E-state index contributed by atoms with van der Waals surface area (Å²) in [6, 6.07) is 4.47. The van der Waals surface area contributed by atoms with Crippen LogP contribution in [-0.4, -0.2) is 95.8 Å². The monoisotopic (exact) mass is 630 g/mol. The fourth-order valence-corrected chi connectivity index (χ4v) is 5.08. The highest BCUT2D eigenvalue weighted by Gasteiger charge is 2.50. The summed E-state index contributed by atoms with van der Waals surface area (Å²) >= 11 is 6.05. The third-order valence-electron chi connectivity index (χ3n) is 7.11. The first kappa shape index (κ1) is 34.3. The number of piperazine rings is 1. The summed E-state index contributed by atoms with van der Waals surface area (Å²) in [5, 5.41) is 9.04. The van der Waals surface area contributed by atoms with Gasteiger partial charge in [0, 0.05) is 31.7 Å². The van der Waals surface area contributed by atoms with E-state index in [9.17, 15) is 23.6 Å². The van der Waals surface area contributed by atoms with Crippen LogP contribution in [0.5, 0.6) is 0 Å². The average Bonchev–Trinajstić information content (AvgIpc) is 2.99. The van der Waals surface area contributed by atoms with Gasteiger partial charge < -0.3 is 25.2 Å². The predicted molar refractivity (Wildman–Crippen MR) is 165 cm³/mol. The van der Waals surface area contributed by atoms with Gasteiger partial charge in [0.2, 0.25) is 11.8 Å². The van der Waals surface area contributed by atoms with Gasteiger partial charge in [-0.2, -0.15) is 0 Å². The number of carbonyl (C=O) groups excluding carboxylic acids is 4. The van der Waals surface area contributed by atoms with E-state index in [2.05, 4.69) is 17.2 Å². The van der Waals surface area contributed by atoms with Crippen LogP contribution in [0.4, 0.5) is 14.0 Å². The van der Waals surface area contributed by atoms with E-state index in [1.54, 1.807) is 42.3 Å². The van der Waals surface area contributed by atoms with E-state index < -0.39 is 24.3 Å². The second-order valence-electron chi connectivity index (χ2n) is 10.5. The number of carbonyl (C=O) groups is 4. The molecule has 1 aromatic carbocycles. The quantitative estimate of drug-likeness (QED) is 0.206. The second kappa shape index (κ2) is 16.6. The van der Waals surface area contributed by atoms with Gasteiger partial charge in [0.05, 0.1) is 13.1 Å². The van der Waals surface area contributed by atoms with Crippen LogP contribution in [0.15, 0.2) is 71.8 Å². The van der Waals surface area contributed by atoms with Gasteiger partial charge in [-0.3, -0.25) is 9.59 Å². The summed E-state index contributed by atoms with van der Waals surface area (Å²) in [7, 11) is 1.64. The molecule has 2 fully saturated rings. The molecule has 0 saturated carbocycles. The molecule has 238 valence electrons. The highest BCUT2D eigenvalue weighted by atomic mass is 35.5. The molecule has 0 spiro atoms. The Morgan fingerprint density at radius 3 is 2.61 bits per heavy atom. The predicted octanol–water partition coefficient (Wildman–Crippen LogP) is 3.90. The number of amides is 5. The standard InChI is InChI=1S/C31H40ClFN6O5/c1-5-17-44-31(43)34-16-8-11-26-29(41)37(19-22(3)9-7-10-24(32)6-2)20-27-38(26)28(40)21-36(4)39(27)30(42)35-18-23-12-14-25(33)15-13-23/h5-7,9-10,12-15,26-27H,1,8,11,16-21H2,2-4H3,(H,34,43)(H,35,42)/b10-7-,22-9+,24-6+/t26-,27?/m0/s1. The smallest absolute Gasteiger partial charge is 0.407 e. The van der Waals surface area contributed by atoms with Crippen molar-refractivity contribution in [2.24, 2.45) is 0 Å². The van der Waals surface area contributed by atoms with Crippen molar-refractivity contribution in [1.82, 2.24) is 30.5 Å². The lowest BCUT2D eigenvalue weighted by atomic mass is 10.0. The summed E-state index contributed by atoms with van der Waals surface area (Å²) in [5.41, 5.74) is 1.58. The third kappa shape index (κ3) is 9.42. The number of halogens is 2. The summed E-state index contributed by atoms with van der Waals surface area (Å²) in [4.78, 5) is 55.7. The summed E-state index contributed by atoms with van der Waals surface area (Å²) in [5.74, 6) is -0.910. The summed E-state index contributed by atoms with van der Waals surface area (Å²) in [6.07, 6.45) is 7.86. The largest absolute Gasteiger partial charge is 0.445 e. The molecule has 2 aliphatic rings. The molecule has 0 bridgehead atoms. The number of alkyl carbamates (subject to hydrolysis) is 1. The first-order valence-electron chi connectivity index (χ1n) is 14.3. The Morgan fingerprint density at radius 2 is 1.93 bits per heavy atom. The Balaban J connectivity index is 1.83. The molecule has 11 nitrogen and oxygen atoms in total. The number of hydrazine groups is 1. The molecule has 1 unspecified atom stereocenters. The van der Waals surface area contributed by atoms with Crippen molar-refractivity contribution in [3.63, 3.8) is 0 Å². The number of nitrogens with one attached hydrogen (secondary N) is 2. The van der Waals surface area contributed by atoms with E-state index in [0.29, 0.717) is 17.0 Å². The van der Waals surface area contributed by atoms with Crippen molar-refractivity contribution >= 4 is 35.5 Å². The molecule has 2 aliphatic heterocycles. The number of fused-ring (bicyclic) bond motifs is 1. The minimum Gasteiger partial charge on any atom is -0.445 e. The molecule has 0 radical (unpaired) electrons. The molecular weight excluding hydrogens is 591 g/mol. The zero-order valence-corrected chi connectivity index (χ0v) is 26.1. The number of ether oxygens (including phenoxy) is 1. The van der Waals surface area contributed by atoms with Crippen LogP contribution in [0, 0.1) is 5.82 Å².